The first-order chi connectivity index (χ1) is 8.98. The lowest BCUT2D eigenvalue weighted by Gasteiger charge is -2.29. The summed E-state index contributed by atoms with van der Waals surface area (Å²) in [5.41, 5.74) is -0.814. The van der Waals surface area contributed by atoms with Crippen LogP contribution in [0.4, 0.5) is 4.79 Å². The predicted molar refractivity (Wildman–Crippen MR) is 75.7 cm³/mol. The number of hydrogen-bond donors (Lipinski definition) is 0. The molecule has 0 unspecified atom stereocenters. The number of hydrogen-bond acceptors (Lipinski definition) is 4. The van der Waals surface area contributed by atoms with Gasteiger partial charge >= 0.3 is 12.1 Å². The first kappa shape index (κ1) is 16.3. The minimum atomic E-state index is -0.573. The molecular weight excluding hydrogens is 258 g/mol. The van der Waals surface area contributed by atoms with Gasteiger partial charge in [0.05, 0.1) is 6.20 Å². The highest BCUT2D eigenvalue weighted by molar-refractivity contribution is 5.71. The molecule has 0 fully saturated rings. The van der Waals surface area contributed by atoms with Crippen LogP contribution in [0.3, 0.4) is 0 Å². The third kappa shape index (κ3) is 5.47. The maximum atomic E-state index is 12.2. The van der Waals surface area contributed by atoms with Crippen LogP contribution in [0.25, 0.3) is 0 Å². The van der Waals surface area contributed by atoms with Gasteiger partial charge in [0.2, 0.25) is 0 Å². The number of allylic oxidation sites excluding steroid dienone is 1. The van der Waals surface area contributed by atoms with Crippen LogP contribution in [0.1, 0.15) is 41.5 Å². The van der Waals surface area contributed by atoms with Gasteiger partial charge in [0, 0.05) is 18.9 Å². The highest BCUT2D eigenvalue weighted by Gasteiger charge is 2.28. The highest BCUT2D eigenvalue weighted by atomic mass is 16.6. The summed E-state index contributed by atoms with van der Waals surface area (Å²) in [5, 5.41) is 0. The number of carbonyl (C=O) groups excluding carboxylic acids is 2. The molecule has 5 nitrogen and oxygen atoms in total. The van der Waals surface area contributed by atoms with Crippen molar-refractivity contribution in [3.63, 3.8) is 0 Å². The molecule has 0 radical (unpaired) electrons. The van der Waals surface area contributed by atoms with E-state index in [9.17, 15) is 9.59 Å². The second-order valence-corrected chi connectivity index (χ2v) is 6.56. The molecule has 1 aliphatic heterocycles. The first-order valence-corrected chi connectivity index (χ1v) is 6.58. The van der Waals surface area contributed by atoms with Crippen molar-refractivity contribution in [3.05, 3.63) is 24.1 Å². The lowest BCUT2D eigenvalue weighted by atomic mass is 9.93. The molecule has 0 atom stereocenters. The van der Waals surface area contributed by atoms with Crippen LogP contribution < -0.4 is 0 Å². The van der Waals surface area contributed by atoms with Crippen LogP contribution in [0.2, 0.25) is 0 Å². The Bertz CT molecular complexity index is 455. The van der Waals surface area contributed by atoms with Crippen molar-refractivity contribution in [2.45, 2.75) is 47.1 Å². The van der Waals surface area contributed by atoms with E-state index in [2.05, 4.69) is 0 Å². The van der Waals surface area contributed by atoms with Gasteiger partial charge in [-0.15, -0.1) is 0 Å². The molecule has 0 aromatic heterocycles. The largest absolute Gasteiger partial charge is 0.443 e. The summed E-state index contributed by atoms with van der Waals surface area (Å²) in [7, 11) is 0. The molecule has 1 heterocycles. The zero-order valence-electron chi connectivity index (χ0n) is 13.0. The third-order valence-corrected chi connectivity index (χ3v) is 2.45. The molecule has 0 aromatic rings. The van der Waals surface area contributed by atoms with Crippen molar-refractivity contribution >= 4 is 12.1 Å². The van der Waals surface area contributed by atoms with E-state index in [4.69, 9.17) is 9.47 Å². The van der Waals surface area contributed by atoms with Gasteiger partial charge in [-0.05, 0) is 26.8 Å². The number of nitrogens with zero attached hydrogens (tertiary/aromatic N) is 1. The van der Waals surface area contributed by atoms with Crippen molar-refractivity contribution in [2.24, 2.45) is 5.41 Å². The van der Waals surface area contributed by atoms with Crippen molar-refractivity contribution in [1.29, 1.82) is 0 Å². The van der Waals surface area contributed by atoms with Crippen molar-refractivity contribution < 1.29 is 19.1 Å². The lowest BCUT2D eigenvalue weighted by Crippen LogP contribution is -2.38. The van der Waals surface area contributed by atoms with E-state index < -0.39 is 17.7 Å². The molecule has 0 aromatic carbocycles. The second kappa shape index (κ2) is 5.69. The third-order valence-electron chi connectivity index (χ3n) is 2.45. The molecule has 0 aliphatic carbocycles. The van der Waals surface area contributed by atoms with E-state index in [0.29, 0.717) is 12.3 Å². The fourth-order valence-electron chi connectivity index (χ4n) is 1.71. The number of carbonyl (C=O) groups is 2. The number of ether oxygens (including phenoxy) is 2. The number of esters is 1. The molecule has 1 amide bonds. The molecular formula is C15H23NO4. The molecule has 0 spiro atoms. The molecule has 0 bridgehead atoms. The minimum absolute atomic E-state index is 0.241. The molecule has 5 heteroatoms. The standard InChI is InChI=1S/C15H23NO4/c1-11(17)19-12-7-8-15(5,6)10-16(9-12)13(18)20-14(2,3)4/h7-9H,10H2,1-6H3. The van der Waals surface area contributed by atoms with E-state index >= 15 is 0 Å². The van der Waals surface area contributed by atoms with Gasteiger partial charge in [-0.25, -0.2) is 4.79 Å². The summed E-state index contributed by atoms with van der Waals surface area (Å²) >= 11 is 0. The zero-order valence-corrected chi connectivity index (χ0v) is 13.0. The van der Waals surface area contributed by atoms with Crippen LogP contribution in [-0.4, -0.2) is 29.1 Å². The smallest absolute Gasteiger partial charge is 0.414 e. The maximum absolute atomic E-state index is 12.2. The molecule has 20 heavy (non-hydrogen) atoms. The van der Waals surface area contributed by atoms with Gasteiger partial charge in [0.15, 0.2) is 0 Å². The second-order valence-electron chi connectivity index (χ2n) is 6.56. The van der Waals surface area contributed by atoms with Gasteiger partial charge in [0.1, 0.15) is 11.4 Å². The Hall–Kier alpha value is -1.78. The monoisotopic (exact) mass is 281 g/mol. The molecule has 1 aliphatic rings. The SMILES string of the molecule is CC(=O)OC1=CN(C(=O)OC(C)(C)C)CC(C)(C)C=C1. The molecule has 112 valence electrons. The summed E-state index contributed by atoms with van der Waals surface area (Å²) in [5.74, 6) is -0.0984. The Morgan fingerprint density at radius 1 is 1.30 bits per heavy atom. The normalized spacial score (nSPS) is 18.1. The van der Waals surface area contributed by atoms with E-state index in [-0.39, 0.29) is 5.41 Å². The average molecular weight is 281 g/mol. The van der Waals surface area contributed by atoms with Gasteiger partial charge in [-0.1, -0.05) is 19.9 Å². The van der Waals surface area contributed by atoms with E-state index in [1.165, 1.54) is 18.0 Å². The van der Waals surface area contributed by atoms with Crippen LogP contribution in [0.15, 0.2) is 24.1 Å². The van der Waals surface area contributed by atoms with Crippen LogP contribution in [0, 0.1) is 5.41 Å². The molecule has 0 saturated carbocycles. The Labute approximate surface area is 120 Å². The summed E-state index contributed by atoms with van der Waals surface area (Å²) in [6, 6.07) is 0. The first-order valence-electron chi connectivity index (χ1n) is 6.58. The fraction of sp³-hybridized carbons (Fsp3) is 0.600. The average Bonchev–Trinajstić information content (AvgIpc) is 2.35. The Kier molecular flexibility index (Phi) is 4.63. The molecule has 0 saturated heterocycles. The quantitative estimate of drug-likeness (QED) is 0.692. The maximum Gasteiger partial charge on any atom is 0.414 e. The molecule has 1 rings (SSSR count). The van der Waals surface area contributed by atoms with Crippen LogP contribution in [0.5, 0.6) is 0 Å². The van der Waals surface area contributed by atoms with Gasteiger partial charge in [-0.2, -0.15) is 0 Å². The van der Waals surface area contributed by atoms with Gasteiger partial charge in [-0.3, -0.25) is 9.69 Å². The highest BCUT2D eigenvalue weighted by Crippen LogP contribution is 2.25. The summed E-state index contributed by atoms with van der Waals surface area (Å²) in [4.78, 5) is 24.7. The summed E-state index contributed by atoms with van der Waals surface area (Å²) < 4.78 is 10.4. The topological polar surface area (TPSA) is 55.8 Å². The van der Waals surface area contributed by atoms with E-state index in [1.807, 2.05) is 40.7 Å². The Morgan fingerprint density at radius 3 is 2.40 bits per heavy atom. The van der Waals surface area contributed by atoms with Crippen molar-refractivity contribution in [3.8, 4) is 0 Å². The summed E-state index contributed by atoms with van der Waals surface area (Å²) in [6.45, 7) is 11.2. The Morgan fingerprint density at radius 2 is 1.90 bits per heavy atom. The fourth-order valence-corrected chi connectivity index (χ4v) is 1.71. The summed E-state index contributed by atoms with van der Waals surface area (Å²) in [6.07, 6.45) is 4.65. The van der Waals surface area contributed by atoms with Gasteiger partial charge < -0.3 is 9.47 Å². The van der Waals surface area contributed by atoms with Crippen molar-refractivity contribution in [2.75, 3.05) is 6.54 Å². The number of amides is 1. The van der Waals surface area contributed by atoms with Crippen LogP contribution >= 0.6 is 0 Å². The predicted octanol–water partition coefficient (Wildman–Crippen LogP) is 3.22. The minimum Gasteiger partial charge on any atom is -0.443 e. The van der Waals surface area contributed by atoms with E-state index in [1.54, 1.807) is 6.08 Å². The Balaban J connectivity index is 2.97. The number of rotatable bonds is 1. The van der Waals surface area contributed by atoms with E-state index in [0.717, 1.165) is 0 Å². The van der Waals surface area contributed by atoms with Crippen LogP contribution in [-0.2, 0) is 14.3 Å². The lowest BCUT2D eigenvalue weighted by molar-refractivity contribution is -0.136. The zero-order chi connectivity index (χ0) is 15.6. The van der Waals surface area contributed by atoms with Gasteiger partial charge in [0.25, 0.3) is 0 Å². The van der Waals surface area contributed by atoms with Crippen molar-refractivity contribution in [1.82, 2.24) is 4.90 Å². The molecule has 0 N–H and O–H groups in total.